The van der Waals surface area contributed by atoms with Gasteiger partial charge in [-0.3, -0.25) is 9.59 Å². The van der Waals surface area contributed by atoms with Crippen molar-refractivity contribution in [2.75, 3.05) is 6.26 Å². The van der Waals surface area contributed by atoms with Gasteiger partial charge in [0.05, 0.1) is 18.8 Å². The molecule has 0 aliphatic heterocycles. The van der Waals surface area contributed by atoms with Crippen LogP contribution in [0, 0.1) is 0 Å². The second-order valence-corrected chi connectivity index (χ2v) is 9.34. The highest BCUT2D eigenvalue weighted by Gasteiger charge is 2.33. The van der Waals surface area contributed by atoms with Crippen molar-refractivity contribution in [3.63, 3.8) is 0 Å². The highest BCUT2D eigenvalue weighted by atomic mass is 32.2. The molecule has 1 rings (SSSR count). The first-order valence-electron chi connectivity index (χ1n) is 8.85. The van der Waals surface area contributed by atoms with Crippen molar-refractivity contribution in [2.45, 2.75) is 64.7 Å². The van der Waals surface area contributed by atoms with Gasteiger partial charge in [-0.15, -0.1) is 0 Å². The maximum absolute atomic E-state index is 12.5. The van der Waals surface area contributed by atoms with E-state index in [1.165, 1.54) is 12.1 Å². The summed E-state index contributed by atoms with van der Waals surface area (Å²) < 4.78 is 38.2. The quantitative estimate of drug-likeness (QED) is 0.506. The highest BCUT2D eigenvalue weighted by Crippen LogP contribution is 2.28. The zero-order valence-corrected chi connectivity index (χ0v) is 17.9. The lowest BCUT2D eigenvalue weighted by Gasteiger charge is -2.27. The van der Waals surface area contributed by atoms with Crippen LogP contribution in [0.1, 0.15) is 52.5 Å². The van der Waals surface area contributed by atoms with Gasteiger partial charge in [0.2, 0.25) is 0 Å². The van der Waals surface area contributed by atoms with E-state index in [0.29, 0.717) is 5.56 Å². The van der Waals surface area contributed by atoms with Crippen LogP contribution in [0.5, 0.6) is 5.75 Å². The average molecular weight is 416 g/mol. The summed E-state index contributed by atoms with van der Waals surface area (Å²) >= 11 is 0. The molecular formula is C19H29NO7S. The normalized spacial score (nSPS) is 14.3. The van der Waals surface area contributed by atoms with Crippen LogP contribution in [0.2, 0.25) is 0 Å². The zero-order valence-electron chi connectivity index (χ0n) is 17.1. The topological polar surface area (TPSA) is 122 Å². The number of carbonyl (C=O) groups is 2. The lowest BCUT2D eigenvalue weighted by Crippen LogP contribution is -2.42. The molecule has 0 fully saturated rings. The molecule has 0 saturated carbocycles. The predicted molar refractivity (Wildman–Crippen MR) is 104 cm³/mol. The number of carbonyl (C=O) groups excluding carboxylic acids is 2. The van der Waals surface area contributed by atoms with E-state index in [1.807, 2.05) is 0 Å². The van der Waals surface area contributed by atoms with Crippen molar-refractivity contribution in [1.82, 2.24) is 0 Å². The van der Waals surface area contributed by atoms with Gasteiger partial charge >= 0.3 is 22.1 Å². The maximum atomic E-state index is 12.5. The summed E-state index contributed by atoms with van der Waals surface area (Å²) in [5.41, 5.74) is 5.82. The van der Waals surface area contributed by atoms with Crippen molar-refractivity contribution < 1.29 is 31.7 Å². The second kappa shape index (κ2) is 9.38. The molecule has 2 N–H and O–H groups in total. The number of esters is 2. The van der Waals surface area contributed by atoms with Gasteiger partial charge in [-0.2, -0.15) is 8.42 Å². The lowest BCUT2D eigenvalue weighted by molar-refractivity contribution is -0.157. The Morgan fingerprint density at radius 2 is 1.79 bits per heavy atom. The summed E-state index contributed by atoms with van der Waals surface area (Å²) in [6, 6.07) is 4.91. The van der Waals surface area contributed by atoms with Crippen LogP contribution >= 0.6 is 0 Å². The molecule has 1 aromatic rings. The molecule has 0 spiro atoms. The third-order valence-electron chi connectivity index (χ3n) is 3.40. The fraction of sp³-hybridized carbons (Fsp3) is 0.579. The molecule has 0 heterocycles. The van der Waals surface area contributed by atoms with Crippen LogP contribution in [-0.4, -0.2) is 44.4 Å². The molecule has 158 valence electrons. The summed E-state index contributed by atoms with van der Waals surface area (Å²) in [7, 11) is -3.73. The molecule has 0 radical (unpaired) electrons. The van der Waals surface area contributed by atoms with Crippen LogP contribution in [-0.2, 0) is 29.2 Å². The summed E-state index contributed by atoms with van der Waals surface area (Å²) in [6.07, 6.45) is 0.413. The van der Waals surface area contributed by atoms with E-state index in [1.54, 1.807) is 46.8 Å². The first-order chi connectivity index (χ1) is 12.7. The molecule has 0 bridgehead atoms. The fourth-order valence-electron chi connectivity index (χ4n) is 2.45. The molecule has 0 amide bonds. The van der Waals surface area contributed by atoms with E-state index in [-0.39, 0.29) is 18.3 Å². The molecule has 0 aromatic heterocycles. The van der Waals surface area contributed by atoms with Crippen molar-refractivity contribution in [2.24, 2.45) is 5.73 Å². The van der Waals surface area contributed by atoms with E-state index in [2.05, 4.69) is 0 Å². The number of ether oxygens (including phenoxy) is 2. The molecule has 2 unspecified atom stereocenters. The average Bonchev–Trinajstić information content (AvgIpc) is 2.48. The summed E-state index contributed by atoms with van der Waals surface area (Å²) in [4.78, 5) is 24.7. The van der Waals surface area contributed by atoms with Gasteiger partial charge < -0.3 is 19.4 Å². The smallest absolute Gasteiger partial charge is 0.324 e. The number of benzene rings is 1. The summed E-state index contributed by atoms with van der Waals surface area (Å²) in [6.45, 7) is 8.54. The zero-order chi connectivity index (χ0) is 21.7. The molecule has 0 saturated heterocycles. The standard InChI is InChI=1S/C19H29NO7S/c1-12(2)25-16(21)11-15(17(20)18(22)26-19(3,4)5)13-8-7-9-14(10-13)27-28(6,23)24/h7-10,12,15,17H,11,20H2,1-6H3. The molecule has 0 aliphatic rings. The first-order valence-corrected chi connectivity index (χ1v) is 10.7. The lowest BCUT2D eigenvalue weighted by atomic mass is 9.88. The van der Waals surface area contributed by atoms with Crippen molar-refractivity contribution in [3.05, 3.63) is 29.8 Å². The van der Waals surface area contributed by atoms with Gasteiger partial charge in [-0.1, -0.05) is 12.1 Å². The van der Waals surface area contributed by atoms with Crippen molar-refractivity contribution in [1.29, 1.82) is 0 Å². The Morgan fingerprint density at radius 3 is 2.29 bits per heavy atom. The molecule has 28 heavy (non-hydrogen) atoms. The minimum absolute atomic E-state index is 0.0543. The summed E-state index contributed by atoms with van der Waals surface area (Å²) in [5, 5.41) is 0. The number of rotatable bonds is 8. The largest absolute Gasteiger partial charge is 0.463 e. The second-order valence-electron chi connectivity index (χ2n) is 7.77. The molecule has 0 aliphatic carbocycles. The van der Waals surface area contributed by atoms with Gasteiger partial charge in [0, 0.05) is 5.92 Å². The van der Waals surface area contributed by atoms with E-state index in [0.717, 1.165) is 6.26 Å². The van der Waals surface area contributed by atoms with E-state index < -0.39 is 39.6 Å². The Bertz CT molecular complexity index is 797. The number of hydrogen-bond acceptors (Lipinski definition) is 8. The van der Waals surface area contributed by atoms with Crippen molar-refractivity contribution in [3.8, 4) is 5.75 Å². The minimum Gasteiger partial charge on any atom is -0.463 e. The predicted octanol–water partition coefficient (Wildman–Crippen LogP) is 2.12. The van der Waals surface area contributed by atoms with Gasteiger partial charge in [-0.25, -0.2) is 0 Å². The molecule has 1 aromatic carbocycles. The number of hydrogen-bond donors (Lipinski definition) is 1. The van der Waals surface area contributed by atoms with Gasteiger partial charge in [0.1, 0.15) is 17.4 Å². The SMILES string of the molecule is CC(C)OC(=O)CC(c1cccc(OS(C)(=O)=O)c1)C(N)C(=O)OC(C)(C)C. The van der Waals surface area contributed by atoms with Crippen LogP contribution in [0.4, 0.5) is 0 Å². The first kappa shape index (κ1) is 23.9. The monoisotopic (exact) mass is 415 g/mol. The molecule has 8 nitrogen and oxygen atoms in total. The van der Waals surface area contributed by atoms with Crippen LogP contribution < -0.4 is 9.92 Å². The van der Waals surface area contributed by atoms with Crippen LogP contribution in [0.3, 0.4) is 0 Å². The highest BCUT2D eigenvalue weighted by molar-refractivity contribution is 7.86. The molecular weight excluding hydrogens is 386 g/mol. The molecule has 2 atom stereocenters. The Balaban J connectivity index is 3.21. The summed E-state index contributed by atoms with van der Waals surface area (Å²) in [5.74, 6) is -1.94. The van der Waals surface area contributed by atoms with Gasteiger partial charge in [0.15, 0.2) is 0 Å². The van der Waals surface area contributed by atoms with E-state index in [9.17, 15) is 18.0 Å². The number of nitrogens with two attached hydrogens (primary N) is 1. The molecule has 9 heteroatoms. The van der Waals surface area contributed by atoms with Gasteiger partial charge in [0.25, 0.3) is 0 Å². The maximum Gasteiger partial charge on any atom is 0.324 e. The third-order valence-corrected chi connectivity index (χ3v) is 3.90. The van der Waals surface area contributed by atoms with Crippen LogP contribution in [0.15, 0.2) is 24.3 Å². The Hall–Kier alpha value is -2.13. The van der Waals surface area contributed by atoms with E-state index >= 15 is 0 Å². The van der Waals surface area contributed by atoms with Crippen LogP contribution in [0.25, 0.3) is 0 Å². The van der Waals surface area contributed by atoms with Crippen molar-refractivity contribution >= 4 is 22.1 Å². The Labute approximate surface area is 166 Å². The Morgan fingerprint density at radius 1 is 1.18 bits per heavy atom. The Kier molecular flexibility index (Phi) is 8.01. The minimum atomic E-state index is -3.73. The van der Waals surface area contributed by atoms with E-state index in [4.69, 9.17) is 19.4 Å². The third kappa shape index (κ3) is 8.71. The van der Waals surface area contributed by atoms with Gasteiger partial charge in [-0.05, 0) is 52.3 Å². The fourth-order valence-corrected chi connectivity index (χ4v) is 2.90.